The van der Waals surface area contributed by atoms with Gasteiger partial charge in [0.15, 0.2) is 11.2 Å². The second-order valence-corrected chi connectivity index (χ2v) is 11.5. The Balaban J connectivity index is 1.55. The standard InChI is InChI=1S/C38H43N5O7/c1-5-13-32(44)48-23-31(24-49-33(45)14-6-2)50-26-42-25-39-34-36(42)40-38(41-37(34)47-4)43(29-19-21-30(46-3)22-20-29)35(27-15-9-7-10-16-27)28-17-11-8-12-18-28/h7-12,15-22,25,31,35H,5-6,13-14,23-24,26H2,1-4H3. The van der Waals surface area contributed by atoms with Crippen LogP contribution in [0.5, 0.6) is 11.6 Å². The third kappa shape index (κ3) is 8.94. The number of hydrogen-bond donors (Lipinski definition) is 0. The van der Waals surface area contributed by atoms with E-state index < -0.39 is 6.10 Å². The zero-order chi connectivity index (χ0) is 35.3. The Morgan fingerprint density at radius 2 is 1.34 bits per heavy atom. The van der Waals surface area contributed by atoms with Crippen molar-refractivity contribution in [3.05, 3.63) is 102 Å². The van der Waals surface area contributed by atoms with Gasteiger partial charge in [0.1, 0.15) is 31.8 Å². The highest BCUT2D eigenvalue weighted by Gasteiger charge is 2.29. The molecule has 0 fully saturated rings. The molecule has 0 amide bonds. The van der Waals surface area contributed by atoms with Crippen LogP contribution >= 0.6 is 0 Å². The Morgan fingerprint density at radius 1 is 0.760 bits per heavy atom. The Morgan fingerprint density at radius 3 is 1.86 bits per heavy atom. The van der Waals surface area contributed by atoms with E-state index in [0.717, 1.165) is 16.8 Å². The summed E-state index contributed by atoms with van der Waals surface area (Å²) >= 11 is 0. The molecule has 0 unspecified atom stereocenters. The SMILES string of the molecule is CCCC(=O)OCC(COC(=O)CCC)OCn1cnc2c(OC)nc(N(c3ccc(OC)cc3)C(c3ccccc3)c3ccccc3)nc21. The molecule has 262 valence electrons. The summed E-state index contributed by atoms with van der Waals surface area (Å²) in [6.45, 7) is 3.62. The van der Waals surface area contributed by atoms with Gasteiger partial charge in [-0.15, -0.1) is 0 Å². The molecule has 12 heteroatoms. The van der Waals surface area contributed by atoms with E-state index in [1.165, 1.54) is 7.11 Å². The van der Waals surface area contributed by atoms with E-state index >= 15 is 0 Å². The van der Waals surface area contributed by atoms with E-state index in [2.05, 4.69) is 29.2 Å². The van der Waals surface area contributed by atoms with Gasteiger partial charge in [-0.05, 0) is 48.2 Å². The normalized spacial score (nSPS) is 11.2. The van der Waals surface area contributed by atoms with E-state index in [1.54, 1.807) is 18.0 Å². The van der Waals surface area contributed by atoms with Crippen LogP contribution in [0.4, 0.5) is 11.6 Å². The van der Waals surface area contributed by atoms with Crippen molar-refractivity contribution >= 4 is 34.7 Å². The summed E-state index contributed by atoms with van der Waals surface area (Å²) in [5.74, 6) is 0.657. The van der Waals surface area contributed by atoms with Gasteiger partial charge in [0.2, 0.25) is 11.8 Å². The van der Waals surface area contributed by atoms with Gasteiger partial charge in [-0.3, -0.25) is 19.1 Å². The first kappa shape index (κ1) is 35.8. The van der Waals surface area contributed by atoms with Crippen LogP contribution in [0.15, 0.2) is 91.3 Å². The van der Waals surface area contributed by atoms with E-state index in [4.69, 9.17) is 33.7 Å². The lowest BCUT2D eigenvalue weighted by Crippen LogP contribution is -2.29. The third-order valence-corrected chi connectivity index (χ3v) is 7.89. The maximum absolute atomic E-state index is 12.1. The van der Waals surface area contributed by atoms with Gasteiger partial charge >= 0.3 is 11.9 Å². The monoisotopic (exact) mass is 681 g/mol. The van der Waals surface area contributed by atoms with Crippen LogP contribution in [-0.4, -0.2) is 65.0 Å². The second-order valence-electron chi connectivity index (χ2n) is 11.5. The number of methoxy groups -OCH3 is 2. The highest BCUT2D eigenvalue weighted by atomic mass is 16.6. The number of esters is 2. The van der Waals surface area contributed by atoms with Gasteiger partial charge in [0, 0.05) is 18.5 Å². The van der Waals surface area contributed by atoms with Crippen LogP contribution in [0.2, 0.25) is 0 Å². The first-order valence-electron chi connectivity index (χ1n) is 16.7. The first-order valence-corrected chi connectivity index (χ1v) is 16.7. The van der Waals surface area contributed by atoms with Gasteiger partial charge in [0.25, 0.3) is 0 Å². The molecule has 0 atom stereocenters. The maximum atomic E-state index is 12.1. The molecule has 3 aromatic carbocycles. The fraction of sp³-hybridized carbons (Fsp3) is 0.342. The van der Waals surface area contributed by atoms with Gasteiger partial charge in [-0.25, -0.2) is 4.98 Å². The largest absolute Gasteiger partial charge is 0.497 e. The summed E-state index contributed by atoms with van der Waals surface area (Å²) in [5.41, 5.74) is 3.75. The van der Waals surface area contributed by atoms with E-state index in [0.29, 0.717) is 35.7 Å². The van der Waals surface area contributed by atoms with Gasteiger partial charge in [0.05, 0.1) is 26.6 Å². The summed E-state index contributed by atoms with van der Waals surface area (Å²) in [5, 5.41) is 0. The minimum atomic E-state index is -0.714. The van der Waals surface area contributed by atoms with Crippen molar-refractivity contribution in [2.45, 2.75) is 58.4 Å². The maximum Gasteiger partial charge on any atom is 0.305 e. The number of carbonyl (C=O) groups excluding carboxylic acids is 2. The van der Waals surface area contributed by atoms with Gasteiger partial charge in [-0.2, -0.15) is 9.97 Å². The molecule has 0 N–H and O–H groups in total. The van der Waals surface area contributed by atoms with Crippen LogP contribution < -0.4 is 14.4 Å². The van der Waals surface area contributed by atoms with Crippen LogP contribution in [0.3, 0.4) is 0 Å². The Kier molecular flexibility index (Phi) is 12.7. The molecule has 0 saturated carbocycles. The van der Waals surface area contributed by atoms with Crippen LogP contribution in [0, 0.1) is 0 Å². The van der Waals surface area contributed by atoms with Crippen molar-refractivity contribution in [2.24, 2.45) is 0 Å². The van der Waals surface area contributed by atoms with Crippen LogP contribution in [-0.2, 0) is 30.5 Å². The summed E-state index contributed by atoms with van der Waals surface area (Å²) in [6.07, 6.45) is 2.75. The van der Waals surface area contributed by atoms with Crippen molar-refractivity contribution in [3.63, 3.8) is 0 Å². The number of benzene rings is 3. The molecule has 0 spiro atoms. The molecule has 12 nitrogen and oxygen atoms in total. The highest BCUT2D eigenvalue weighted by molar-refractivity contribution is 5.79. The number of fused-ring (bicyclic) bond motifs is 1. The second kappa shape index (κ2) is 17.8. The Labute approximate surface area is 291 Å². The predicted octanol–water partition coefficient (Wildman–Crippen LogP) is 6.80. The zero-order valence-electron chi connectivity index (χ0n) is 28.9. The van der Waals surface area contributed by atoms with Crippen LogP contribution in [0.25, 0.3) is 11.2 Å². The lowest BCUT2D eigenvalue weighted by Gasteiger charge is -2.33. The Hall–Kier alpha value is -5.49. The summed E-state index contributed by atoms with van der Waals surface area (Å²) in [7, 11) is 3.17. The smallest absolute Gasteiger partial charge is 0.305 e. The molecule has 0 radical (unpaired) electrons. The number of rotatable bonds is 18. The predicted molar refractivity (Wildman–Crippen MR) is 188 cm³/mol. The molecular weight excluding hydrogens is 638 g/mol. The summed E-state index contributed by atoms with van der Waals surface area (Å²) in [4.78, 5) is 40.8. The number of anilines is 2. The van der Waals surface area contributed by atoms with Crippen LogP contribution in [0.1, 0.15) is 56.7 Å². The molecule has 5 rings (SSSR count). The summed E-state index contributed by atoms with van der Waals surface area (Å²) < 4.78 is 29.9. The third-order valence-electron chi connectivity index (χ3n) is 7.89. The van der Waals surface area contributed by atoms with E-state index in [-0.39, 0.29) is 56.6 Å². The molecule has 5 aromatic rings. The van der Waals surface area contributed by atoms with E-state index in [9.17, 15) is 9.59 Å². The fourth-order valence-corrected chi connectivity index (χ4v) is 5.39. The van der Waals surface area contributed by atoms with Crippen molar-refractivity contribution in [2.75, 3.05) is 32.3 Å². The minimum Gasteiger partial charge on any atom is -0.497 e. The van der Waals surface area contributed by atoms with Gasteiger partial charge < -0.3 is 23.7 Å². The Bertz CT molecular complexity index is 1760. The lowest BCUT2D eigenvalue weighted by atomic mass is 9.96. The number of nitrogens with zero attached hydrogens (tertiary/aromatic N) is 5. The molecule has 0 bridgehead atoms. The molecule has 0 aliphatic heterocycles. The van der Waals surface area contributed by atoms with Gasteiger partial charge in [-0.1, -0.05) is 74.5 Å². The molecule has 0 saturated heterocycles. The fourth-order valence-electron chi connectivity index (χ4n) is 5.39. The molecular formula is C38H43N5O7. The molecule has 0 aliphatic carbocycles. The minimum absolute atomic E-state index is 0.0270. The number of hydrogen-bond acceptors (Lipinski definition) is 11. The average molecular weight is 682 g/mol. The molecule has 2 heterocycles. The molecule has 50 heavy (non-hydrogen) atoms. The number of imidazole rings is 1. The first-order chi connectivity index (χ1) is 24.4. The topological polar surface area (TPSA) is 127 Å². The van der Waals surface area contributed by atoms with Crippen molar-refractivity contribution in [1.82, 2.24) is 19.5 Å². The average Bonchev–Trinajstić information content (AvgIpc) is 3.57. The zero-order valence-corrected chi connectivity index (χ0v) is 28.9. The van der Waals surface area contributed by atoms with E-state index in [1.807, 2.05) is 79.4 Å². The number of carbonyl (C=O) groups is 2. The van der Waals surface area contributed by atoms with Crippen molar-refractivity contribution in [3.8, 4) is 11.6 Å². The quantitative estimate of drug-likeness (QED) is 0.0906. The molecule has 2 aromatic heterocycles. The number of aromatic nitrogens is 4. The van der Waals surface area contributed by atoms with Crippen molar-refractivity contribution < 1.29 is 33.3 Å². The number of ether oxygens (including phenoxy) is 5. The summed E-state index contributed by atoms with van der Waals surface area (Å²) in [6, 6.07) is 27.6. The highest BCUT2D eigenvalue weighted by Crippen LogP contribution is 2.39. The van der Waals surface area contributed by atoms with Crippen molar-refractivity contribution in [1.29, 1.82) is 0 Å². The molecule has 0 aliphatic rings. The lowest BCUT2D eigenvalue weighted by molar-refractivity contribution is -0.157.